The van der Waals surface area contributed by atoms with Gasteiger partial charge in [0.1, 0.15) is 0 Å². The van der Waals surface area contributed by atoms with E-state index in [1.807, 2.05) is 24.4 Å². The number of rotatable bonds is 0. The number of hydrogen-bond donors (Lipinski definition) is 0. The Balaban J connectivity index is 0.000000853. The number of fused-ring (bicyclic) bond motifs is 3. The molecule has 3 nitrogen and oxygen atoms in total. The van der Waals surface area contributed by atoms with Crippen LogP contribution in [-0.4, -0.2) is 9.97 Å². The van der Waals surface area contributed by atoms with Crippen LogP contribution in [0.1, 0.15) is 0 Å². The first-order chi connectivity index (χ1) is 6.95. The summed E-state index contributed by atoms with van der Waals surface area (Å²) in [5.41, 5.74) is 2.02. The van der Waals surface area contributed by atoms with Crippen molar-refractivity contribution in [1.29, 1.82) is 0 Å². The van der Waals surface area contributed by atoms with Crippen LogP contribution in [0.25, 0.3) is 21.8 Å². The third-order valence-electron chi connectivity index (χ3n) is 2.35. The first-order valence-electron chi connectivity index (χ1n) is 4.53. The average Bonchev–Trinajstić information content (AvgIpc) is 2.29. The molecule has 0 aliphatic rings. The quantitative estimate of drug-likeness (QED) is 0.515. The lowest BCUT2D eigenvalue weighted by Crippen LogP contribution is -1.82. The van der Waals surface area contributed by atoms with E-state index in [2.05, 4.69) is 28.2 Å². The number of hydrogen-bond acceptors (Lipinski definition) is 2. The van der Waals surface area contributed by atoms with Gasteiger partial charge < -0.3 is 0 Å². The molecular formula is C12H8N3. The van der Waals surface area contributed by atoms with Crippen molar-refractivity contribution in [3.05, 3.63) is 48.8 Å². The highest BCUT2D eigenvalue weighted by molar-refractivity contribution is 6.03. The summed E-state index contributed by atoms with van der Waals surface area (Å²) in [5, 5.41) is 2.28. The van der Waals surface area contributed by atoms with E-state index in [4.69, 9.17) is 0 Å². The highest BCUT2D eigenvalue weighted by Crippen LogP contribution is 2.20. The highest BCUT2D eigenvalue weighted by atomic mass is 14.7. The van der Waals surface area contributed by atoms with Crippen molar-refractivity contribution in [3.63, 3.8) is 0 Å². The average molecular weight is 194 g/mol. The predicted octanol–water partition coefficient (Wildman–Crippen LogP) is 2.30. The molecule has 0 aliphatic heterocycles. The summed E-state index contributed by atoms with van der Waals surface area (Å²) in [4.78, 5) is 8.66. The molecule has 0 bridgehead atoms. The monoisotopic (exact) mass is 194 g/mol. The van der Waals surface area contributed by atoms with Gasteiger partial charge in [-0.3, -0.25) is 9.97 Å². The Kier molecular flexibility index (Phi) is 2.31. The van der Waals surface area contributed by atoms with Crippen LogP contribution in [0.2, 0.25) is 0 Å². The number of pyridine rings is 2. The van der Waals surface area contributed by atoms with Gasteiger partial charge in [-0.25, -0.2) is 0 Å². The van der Waals surface area contributed by atoms with Gasteiger partial charge in [-0.1, -0.05) is 12.1 Å². The van der Waals surface area contributed by atoms with E-state index >= 15 is 0 Å². The summed E-state index contributed by atoms with van der Waals surface area (Å²) >= 11 is 0. The fourth-order valence-corrected chi connectivity index (χ4v) is 1.70. The molecule has 2 heterocycles. The van der Waals surface area contributed by atoms with E-state index in [1.165, 1.54) is 0 Å². The first-order valence-corrected chi connectivity index (χ1v) is 4.53. The lowest BCUT2D eigenvalue weighted by atomic mass is 10.1. The van der Waals surface area contributed by atoms with Crippen LogP contribution in [0.4, 0.5) is 0 Å². The fourth-order valence-electron chi connectivity index (χ4n) is 1.70. The van der Waals surface area contributed by atoms with Gasteiger partial charge in [0.15, 0.2) is 0 Å². The van der Waals surface area contributed by atoms with Gasteiger partial charge in [-0.15, -0.1) is 0 Å². The van der Waals surface area contributed by atoms with Gasteiger partial charge in [0, 0.05) is 29.3 Å². The maximum absolute atomic E-state index is 4.37. The number of nitrogens with zero attached hydrogens (tertiary/aromatic N) is 3. The van der Waals surface area contributed by atoms with Crippen LogP contribution in [0, 0.1) is 0 Å². The summed E-state index contributed by atoms with van der Waals surface area (Å²) in [6.45, 7) is 0. The Labute approximate surface area is 87.4 Å². The van der Waals surface area contributed by atoms with Gasteiger partial charge in [0.2, 0.25) is 0 Å². The van der Waals surface area contributed by atoms with Crippen molar-refractivity contribution in [2.24, 2.45) is 0 Å². The zero-order valence-corrected chi connectivity index (χ0v) is 7.96. The lowest BCUT2D eigenvalue weighted by Gasteiger charge is -2.00. The number of aromatic nitrogens is 2. The molecule has 0 N–H and O–H groups in total. The van der Waals surface area contributed by atoms with Crippen molar-refractivity contribution >= 4 is 21.8 Å². The molecule has 3 aromatic rings. The van der Waals surface area contributed by atoms with Crippen molar-refractivity contribution in [2.75, 3.05) is 0 Å². The van der Waals surface area contributed by atoms with Crippen LogP contribution < -0.4 is 6.15 Å². The second kappa shape index (κ2) is 3.63. The minimum Gasteiger partial charge on any atom is -0.256 e. The molecule has 3 heteroatoms. The van der Waals surface area contributed by atoms with E-state index in [0.717, 1.165) is 21.8 Å². The summed E-state index contributed by atoms with van der Waals surface area (Å²) < 4.78 is 0. The van der Waals surface area contributed by atoms with E-state index < -0.39 is 0 Å². The van der Waals surface area contributed by atoms with Crippen molar-refractivity contribution in [1.82, 2.24) is 16.1 Å². The van der Waals surface area contributed by atoms with E-state index in [0.29, 0.717) is 0 Å². The molecule has 0 saturated heterocycles. The minimum absolute atomic E-state index is 0. The zero-order chi connectivity index (χ0) is 9.38. The molecule has 0 atom stereocenters. The maximum atomic E-state index is 4.37. The Morgan fingerprint density at radius 2 is 1.60 bits per heavy atom. The molecule has 0 fully saturated rings. The molecule has 0 aliphatic carbocycles. The molecule has 0 saturated carbocycles. The molecule has 2 aromatic heterocycles. The van der Waals surface area contributed by atoms with E-state index in [9.17, 15) is 0 Å². The SMILES string of the molecule is [N].c1cnc2c(c1)ccc1ncccc12. The van der Waals surface area contributed by atoms with Crippen LogP contribution in [0.15, 0.2) is 48.8 Å². The predicted molar refractivity (Wildman–Crippen MR) is 59.2 cm³/mol. The highest BCUT2D eigenvalue weighted by Gasteiger charge is 1.99. The third-order valence-corrected chi connectivity index (χ3v) is 2.35. The molecule has 0 spiro atoms. The Morgan fingerprint density at radius 1 is 0.800 bits per heavy atom. The van der Waals surface area contributed by atoms with Crippen molar-refractivity contribution < 1.29 is 0 Å². The van der Waals surface area contributed by atoms with Crippen LogP contribution >= 0.6 is 0 Å². The van der Waals surface area contributed by atoms with E-state index in [1.54, 1.807) is 6.20 Å². The largest absolute Gasteiger partial charge is 0.256 e. The maximum Gasteiger partial charge on any atom is 0.0795 e. The minimum atomic E-state index is 0. The Morgan fingerprint density at radius 3 is 2.53 bits per heavy atom. The van der Waals surface area contributed by atoms with Crippen LogP contribution in [0.5, 0.6) is 0 Å². The molecule has 3 radical (unpaired) electrons. The third kappa shape index (κ3) is 1.43. The van der Waals surface area contributed by atoms with Crippen molar-refractivity contribution in [2.45, 2.75) is 0 Å². The summed E-state index contributed by atoms with van der Waals surface area (Å²) in [5.74, 6) is 0. The Bertz CT molecular complexity index is 550. The standard InChI is InChI=1S/C12H8N2.N/c1-3-9-5-6-11-10(4-2-7-13-11)12(9)14-8-1;/h1-8H;. The first kappa shape index (κ1) is 9.55. The summed E-state index contributed by atoms with van der Waals surface area (Å²) in [6, 6.07) is 12.1. The smallest absolute Gasteiger partial charge is 0.0795 e. The number of benzene rings is 1. The molecule has 71 valence electrons. The van der Waals surface area contributed by atoms with Gasteiger partial charge >= 0.3 is 0 Å². The van der Waals surface area contributed by atoms with Gasteiger partial charge in [0.25, 0.3) is 0 Å². The molecule has 15 heavy (non-hydrogen) atoms. The molecule has 0 amide bonds. The molecule has 1 aromatic carbocycles. The van der Waals surface area contributed by atoms with Gasteiger partial charge in [-0.2, -0.15) is 0 Å². The summed E-state index contributed by atoms with van der Waals surface area (Å²) in [7, 11) is 0. The van der Waals surface area contributed by atoms with E-state index in [-0.39, 0.29) is 6.15 Å². The second-order valence-electron chi connectivity index (χ2n) is 3.21. The van der Waals surface area contributed by atoms with Crippen molar-refractivity contribution in [3.8, 4) is 0 Å². The summed E-state index contributed by atoms with van der Waals surface area (Å²) in [6.07, 6.45) is 3.62. The fraction of sp³-hybridized carbons (Fsp3) is 0. The van der Waals surface area contributed by atoms with Gasteiger partial charge in [-0.05, 0) is 24.3 Å². The molecule has 0 unspecified atom stereocenters. The lowest BCUT2D eigenvalue weighted by molar-refractivity contribution is 1.39. The van der Waals surface area contributed by atoms with Crippen LogP contribution in [0.3, 0.4) is 0 Å². The second-order valence-corrected chi connectivity index (χ2v) is 3.21. The van der Waals surface area contributed by atoms with Crippen LogP contribution in [-0.2, 0) is 0 Å². The normalized spacial score (nSPS) is 10.1. The Hall–Kier alpha value is -2.00. The molecule has 3 rings (SSSR count). The topological polar surface area (TPSA) is 56.3 Å². The molecular weight excluding hydrogens is 186 g/mol. The zero-order valence-electron chi connectivity index (χ0n) is 7.96. The van der Waals surface area contributed by atoms with Gasteiger partial charge in [0.05, 0.1) is 11.0 Å².